The van der Waals surface area contributed by atoms with Crippen molar-refractivity contribution in [2.24, 2.45) is 5.92 Å². The largest absolute Gasteiger partial charge is 0.312 e. The minimum Gasteiger partial charge on any atom is -0.312 e. The van der Waals surface area contributed by atoms with Gasteiger partial charge in [0.2, 0.25) is 0 Å². The fourth-order valence-electron chi connectivity index (χ4n) is 2.48. The second kappa shape index (κ2) is 6.53. The Morgan fingerprint density at radius 3 is 2.76 bits per heavy atom. The second-order valence-electron chi connectivity index (χ2n) is 5.04. The van der Waals surface area contributed by atoms with Gasteiger partial charge in [-0.1, -0.05) is 6.92 Å². The van der Waals surface area contributed by atoms with Gasteiger partial charge in [-0.05, 0) is 68.9 Å². The molecule has 2 rings (SSSR count). The molecule has 1 fully saturated rings. The van der Waals surface area contributed by atoms with Crippen molar-refractivity contribution in [2.45, 2.75) is 33.2 Å². The molecule has 0 aromatic carbocycles. The van der Waals surface area contributed by atoms with Crippen molar-refractivity contribution < 1.29 is 0 Å². The smallest absolute Gasteiger partial charge is 0.0302 e. The molecule has 17 heavy (non-hydrogen) atoms. The summed E-state index contributed by atoms with van der Waals surface area (Å²) in [5.74, 6) is 0.887. The normalized spacial score (nSPS) is 18.7. The minimum absolute atomic E-state index is 0.887. The third kappa shape index (κ3) is 3.80. The van der Waals surface area contributed by atoms with Crippen molar-refractivity contribution in [3.63, 3.8) is 0 Å². The summed E-state index contributed by atoms with van der Waals surface area (Å²) in [6, 6.07) is 2.21. The molecule has 0 atom stereocenters. The van der Waals surface area contributed by atoms with Crippen LogP contribution in [0.4, 0.5) is 0 Å². The molecule has 0 amide bonds. The van der Waals surface area contributed by atoms with E-state index in [1.165, 1.54) is 49.5 Å². The summed E-state index contributed by atoms with van der Waals surface area (Å²) in [6.07, 6.45) is 2.73. The van der Waals surface area contributed by atoms with Gasteiger partial charge >= 0.3 is 0 Å². The highest BCUT2D eigenvalue weighted by molar-refractivity contribution is 7.10. The van der Waals surface area contributed by atoms with E-state index in [4.69, 9.17) is 0 Å². The Labute approximate surface area is 109 Å². The number of rotatable bonds is 5. The zero-order valence-corrected chi connectivity index (χ0v) is 11.9. The summed E-state index contributed by atoms with van der Waals surface area (Å²) < 4.78 is 0. The number of aryl methyl sites for hydroxylation is 1. The highest BCUT2D eigenvalue weighted by Crippen LogP contribution is 2.17. The van der Waals surface area contributed by atoms with Crippen LogP contribution >= 0.6 is 11.3 Å². The molecule has 1 aromatic heterocycles. The molecule has 1 aliphatic rings. The van der Waals surface area contributed by atoms with Gasteiger partial charge in [-0.15, -0.1) is 11.3 Å². The zero-order valence-electron chi connectivity index (χ0n) is 11.0. The number of hydrogen-bond donors (Lipinski definition) is 1. The number of thiophene rings is 1. The van der Waals surface area contributed by atoms with Gasteiger partial charge in [0.05, 0.1) is 0 Å². The van der Waals surface area contributed by atoms with Gasteiger partial charge in [0.1, 0.15) is 0 Å². The van der Waals surface area contributed by atoms with Gasteiger partial charge < -0.3 is 10.2 Å². The van der Waals surface area contributed by atoms with Crippen LogP contribution in [0.3, 0.4) is 0 Å². The van der Waals surface area contributed by atoms with Crippen molar-refractivity contribution in [3.05, 3.63) is 21.9 Å². The summed E-state index contributed by atoms with van der Waals surface area (Å²) in [5.41, 5.74) is 1.43. The maximum Gasteiger partial charge on any atom is 0.0302 e. The third-order valence-electron chi connectivity index (χ3n) is 3.84. The second-order valence-corrected chi connectivity index (χ2v) is 6.04. The van der Waals surface area contributed by atoms with Gasteiger partial charge in [0.25, 0.3) is 0 Å². The molecule has 1 aliphatic heterocycles. The molecule has 3 heteroatoms. The first kappa shape index (κ1) is 13.1. The van der Waals surface area contributed by atoms with Crippen LogP contribution in [-0.2, 0) is 6.54 Å². The van der Waals surface area contributed by atoms with Crippen LogP contribution in [0.5, 0.6) is 0 Å². The SMILES string of the molecule is CCN1CCC(CNCc2sccc2C)CC1. The number of likely N-dealkylation sites (tertiary alicyclic amines) is 1. The summed E-state index contributed by atoms with van der Waals surface area (Å²) in [7, 11) is 0. The predicted octanol–water partition coefficient (Wildman–Crippen LogP) is 2.88. The van der Waals surface area contributed by atoms with Gasteiger partial charge in [-0.2, -0.15) is 0 Å². The predicted molar refractivity (Wildman–Crippen MR) is 75.6 cm³/mol. The Kier molecular flexibility index (Phi) is 5.01. The first-order valence-electron chi connectivity index (χ1n) is 6.75. The fourth-order valence-corrected chi connectivity index (χ4v) is 3.36. The average Bonchev–Trinajstić information content (AvgIpc) is 2.76. The molecule has 0 radical (unpaired) electrons. The lowest BCUT2D eigenvalue weighted by Crippen LogP contribution is -2.36. The molecule has 0 saturated carbocycles. The number of hydrogen-bond acceptors (Lipinski definition) is 3. The standard InChI is InChI=1S/C14H24N2S/c1-3-16-7-4-13(5-8-16)10-15-11-14-12(2)6-9-17-14/h6,9,13,15H,3-5,7-8,10-11H2,1-2H3. The van der Waals surface area contributed by atoms with Crippen LogP contribution in [0, 0.1) is 12.8 Å². The Morgan fingerprint density at radius 2 is 2.18 bits per heavy atom. The molecule has 0 aliphatic carbocycles. The summed E-state index contributed by atoms with van der Waals surface area (Å²) in [5, 5.41) is 5.81. The van der Waals surface area contributed by atoms with Crippen LogP contribution < -0.4 is 5.32 Å². The average molecular weight is 252 g/mol. The van der Waals surface area contributed by atoms with Crippen LogP contribution in [-0.4, -0.2) is 31.1 Å². The van der Waals surface area contributed by atoms with Gasteiger partial charge in [-0.25, -0.2) is 0 Å². The van der Waals surface area contributed by atoms with Crippen molar-refractivity contribution in [1.29, 1.82) is 0 Å². The molecule has 1 aromatic rings. The highest BCUT2D eigenvalue weighted by Gasteiger charge is 2.17. The molecule has 2 heterocycles. The van der Waals surface area contributed by atoms with Crippen LogP contribution in [0.1, 0.15) is 30.2 Å². The highest BCUT2D eigenvalue weighted by atomic mass is 32.1. The lowest BCUT2D eigenvalue weighted by molar-refractivity contribution is 0.190. The molecule has 0 spiro atoms. The van der Waals surface area contributed by atoms with E-state index in [0.717, 1.165) is 12.5 Å². The van der Waals surface area contributed by atoms with E-state index in [2.05, 4.69) is 35.5 Å². The zero-order chi connectivity index (χ0) is 12.1. The van der Waals surface area contributed by atoms with E-state index in [9.17, 15) is 0 Å². The molecular formula is C14H24N2S. The Balaban J connectivity index is 1.65. The topological polar surface area (TPSA) is 15.3 Å². The third-order valence-corrected chi connectivity index (χ3v) is 4.86. The quantitative estimate of drug-likeness (QED) is 0.867. The van der Waals surface area contributed by atoms with Crippen LogP contribution in [0.2, 0.25) is 0 Å². The number of nitrogens with zero attached hydrogens (tertiary/aromatic N) is 1. The van der Waals surface area contributed by atoms with E-state index in [0.29, 0.717) is 0 Å². The number of nitrogens with one attached hydrogen (secondary N) is 1. The summed E-state index contributed by atoms with van der Waals surface area (Å²) >= 11 is 1.87. The fraction of sp³-hybridized carbons (Fsp3) is 0.714. The molecule has 1 saturated heterocycles. The van der Waals surface area contributed by atoms with E-state index in [-0.39, 0.29) is 0 Å². The number of piperidine rings is 1. The maximum absolute atomic E-state index is 3.62. The van der Waals surface area contributed by atoms with Crippen molar-refractivity contribution in [3.8, 4) is 0 Å². The first-order chi connectivity index (χ1) is 8.29. The van der Waals surface area contributed by atoms with Gasteiger partial charge in [0.15, 0.2) is 0 Å². The summed E-state index contributed by atoms with van der Waals surface area (Å²) in [4.78, 5) is 4.05. The molecular weight excluding hydrogens is 228 g/mol. The minimum atomic E-state index is 0.887. The Bertz CT molecular complexity index is 327. The maximum atomic E-state index is 3.62. The lowest BCUT2D eigenvalue weighted by atomic mass is 9.97. The first-order valence-corrected chi connectivity index (χ1v) is 7.63. The van der Waals surface area contributed by atoms with Crippen molar-refractivity contribution in [1.82, 2.24) is 10.2 Å². The van der Waals surface area contributed by atoms with Gasteiger partial charge in [-0.3, -0.25) is 0 Å². The van der Waals surface area contributed by atoms with Crippen LogP contribution in [0.15, 0.2) is 11.4 Å². The van der Waals surface area contributed by atoms with E-state index < -0.39 is 0 Å². The molecule has 1 N–H and O–H groups in total. The van der Waals surface area contributed by atoms with Gasteiger partial charge in [0, 0.05) is 11.4 Å². The van der Waals surface area contributed by atoms with Crippen molar-refractivity contribution in [2.75, 3.05) is 26.2 Å². The summed E-state index contributed by atoms with van der Waals surface area (Å²) in [6.45, 7) is 10.5. The molecule has 0 bridgehead atoms. The molecule has 0 unspecified atom stereocenters. The molecule has 96 valence electrons. The molecule has 2 nitrogen and oxygen atoms in total. The van der Waals surface area contributed by atoms with Crippen molar-refractivity contribution >= 4 is 11.3 Å². The lowest BCUT2D eigenvalue weighted by Gasteiger charge is -2.31. The van der Waals surface area contributed by atoms with E-state index in [1.807, 2.05) is 11.3 Å². The Hall–Kier alpha value is -0.380. The van der Waals surface area contributed by atoms with E-state index >= 15 is 0 Å². The monoisotopic (exact) mass is 252 g/mol. The van der Waals surface area contributed by atoms with Crippen LogP contribution in [0.25, 0.3) is 0 Å². The van der Waals surface area contributed by atoms with E-state index in [1.54, 1.807) is 0 Å². The Morgan fingerprint density at radius 1 is 1.41 bits per heavy atom.